The minimum Gasteiger partial charge on any atom is -0.457 e. The van der Waals surface area contributed by atoms with Crippen LogP contribution in [0, 0.1) is 0 Å². The van der Waals surface area contributed by atoms with Gasteiger partial charge in [-0.25, -0.2) is 4.79 Å². The molecule has 0 saturated heterocycles. The molecule has 3 rings (SSSR count). The molecule has 7 heteroatoms. The van der Waals surface area contributed by atoms with Crippen molar-refractivity contribution >= 4 is 17.9 Å². The van der Waals surface area contributed by atoms with Gasteiger partial charge in [0.15, 0.2) is 0 Å². The van der Waals surface area contributed by atoms with Gasteiger partial charge in [0, 0.05) is 6.54 Å². The number of aryl methyl sites for hydroxylation is 1. The van der Waals surface area contributed by atoms with E-state index in [9.17, 15) is 14.4 Å². The molecule has 1 heterocycles. The van der Waals surface area contributed by atoms with Crippen LogP contribution >= 0.6 is 0 Å². The standard InChI is InChI=1S/C25H30N2O5/c1-25(2,3)32-24(30)26-14-6-4-5-9-17-10-7-12-19(15-17)31-20-13-8-11-18-16-21(28)27-23(29)22(18)20/h7-8,10-13,15H,4-6,9,14,16H2,1-3H3,(H,26,30)(H,27,28,29). The highest BCUT2D eigenvalue weighted by molar-refractivity contribution is 6.11. The van der Waals surface area contributed by atoms with E-state index in [-0.39, 0.29) is 18.4 Å². The lowest BCUT2D eigenvalue weighted by Crippen LogP contribution is -2.37. The smallest absolute Gasteiger partial charge is 0.407 e. The summed E-state index contributed by atoms with van der Waals surface area (Å²) >= 11 is 0. The number of ether oxygens (including phenoxy) is 2. The van der Waals surface area contributed by atoms with Gasteiger partial charge in [0.05, 0.1) is 12.0 Å². The average Bonchev–Trinajstić information content (AvgIpc) is 2.69. The van der Waals surface area contributed by atoms with Crippen LogP contribution in [0.4, 0.5) is 4.79 Å². The molecule has 2 aromatic rings. The molecule has 170 valence electrons. The van der Waals surface area contributed by atoms with E-state index in [0.29, 0.717) is 29.2 Å². The molecule has 0 atom stereocenters. The molecule has 0 bridgehead atoms. The number of imide groups is 1. The van der Waals surface area contributed by atoms with Gasteiger partial charge in [-0.05, 0) is 69.4 Å². The maximum atomic E-state index is 12.3. The van der Waals surface area contributed by atoms with Crippen molar-refractivity contribution in [2.24, 2.45) is 0 Å². The first-order valence-corrected chi connectivity index (χ1v) is 10.9. The molecule has 0 unspecified atom stereocenters. The fourth-order valence-corrected chi connectivity index (χ4v) is 3.50. The van der Waals surface area contributed by atoms with Crippen LogP contribution in [-0.4, -0.2) is 30.1 Å². The van der Waals surface area contributed by atoms with Crippen LogP contribution in [0.1, 0.15) is 61.5 Å². The van der Waals surface area contributed by atoms with E-state index in [0.717, 1.165) is 31.2 Å². The zero-order valence-corrected chi connectivity index (χ0v) is 18.8. The largest absolute Gasteiger partial charge is 0.457 e. The quantitative estimate of drug-likeness (QED) is 0.467. The highest BCUT2D eigenvalue weighted by Crippen LogP contribution is 2.30. The number of carbonyl (C=O) groups excluding carboxylic acids is 3. The highest BCUT2D eigenvalue weighted by atomic mass is 16.6. The van der Waals surface area contributed by atoms with E-state index >= 15 is 0 Å². The van der Waals surface area contributed by atoms with E-state index in [1.54, 1.807) is 18.2 Å². The normalized spacial score (nSPS) is 13.2. The average molecular weight is 439 g/mol. The van der Waals surface area contributed by atoms with E-state index in [2.05, 4.69) is 10.6 Å². The number of unbranched alkanes of at least 4 members (excludes halogenated alkanes) is 2. The summed E-state index contributed by atoms with van der Waals surface area (Å²) in [7, 11) is 0. The Morgan fingerprint density at radius 1 is 1.06 bits per heavy atom. The number of nitrogens with one attached hydrogen (secondary N) is 2. The van der Waals surface area contributed by atoms with E-state index < -0.39 is 11.5 Å². The Bertz CT molecular complexity index is 994. The first kappa shape index (κ1) is 23.3. The summed E-state index contributed by atoms with van der Waals surface area (Å²) in [6.45, 7) is 6.10. The molecule has 1 aliphatic rings. The fourth-order valence-electron chi connectivity index (χ4n) is 3.50. The molecule has 0 spiro atoms. The van der Waals surface area contributed by atoms with Crippen molar-refractivity contribution in [3.05, 3.63) is 59.2 Å². The molecule has 0 saturated carbocycles. The number of amides is 3. The number of fused-ring (bicyclic) bond motifs is 1. The Labute approximate surface area is 188 Å². The van der Waals surface area contributed by atoms with Crippen LogP contribution in [0.2, 0.25) is 0 Å². The topological polar surface area (TPSA) is 93.7 Å². The zero-order valence-electron chi connectivity index (χ0n) is 18.8. The molecule has 0 aliphatic carbocycles. The number of carbonyl (C=O) groups is 3. The number of rotatable bonds is 8. The third kappa shape index (κ3) is 6.83. The van der Waals surface area contributed by atoms with Gasteiger partial charge in [0.25, 0.3) is 5.91 Å². The van der Waals surface area contributed by atoms with Crippen LogP contribution in [0.5, 0.6) is 11.5 Å². The van der Waals surface area contributed by atoms with Crippen molar-refractivity contribution in [2.75, 3.05) is 6.54 Å². The molecule has 3 amide bonds. The van der Waals surface area contributed by atoms with Gasteiger partial charge in [-0.15, -0.1) is 0 Å². The minimum atomic E-state index is -0.489. The first-order valence-electron chi connectivity index (χ1n) is 10.9. The van der Waals surface area contributed by atoms with Crippen molar-refractivity contribution in [2.45, 2.75) is 58.5 Å². The number of alkyl carbamates (subject to hydrolysis) is 1. The molecule has 7 nitrogen and oxygen atoms in total. The fraction of sp³-hybridized carbons (Fsp3) is 0.400. The van der Waals surface area contributed by atoms with Crippen molar-refractivity contribution in [1.29, 1.82) is 0 Å². The van der Waals surface area contributed by atoms with Gasteiger partial charge in [-0.3, -0.25) is 14.9 Å². The van der Waals surface area contributed by atoms with Gasteiger partial charge < -0.3 is 14.8 Å². The van der Waals surface area contributed by atoms with Crippen molar-refractivity contribution in [1.82, 2.24) is 10.6 Å². The molecular weight excluding hydrogens is 408 g/mol. The zero-order chi connectivity index (χ0) is 23.1. The van der Waals surface area contributed by atoms with Gasteiger partial charge in [0.2, 0.25) is 5.91 Å². The van der Waals surface area contributed by atoms with Crippen LogP contribution in [0.3, 0.4) is 0 Å². The molecule has 0 fully saturated rings. The predicted molar refractivity (Wildman–Crippen MR) is 121 cm³/mol. The molecule has 0 radical (unpaired) electrons. The lowest BCUT2D eigenvalue weighted by Gasteiger charge is -2.19. The molecule has 2 N–H and O–H groups in total. The second kappa shape index (κ2) is 10.3. The van der Waals surface area contributed by atoms with Crippen molar-refractivity contribution < 1.29 is 23.9 Å². The third-order valence-electron chi connectivity index (χ3n) is 4.88. The number of hydrogen-bond acceptors (Lipinski definition) is 5. The molecule has 32 heavy (non-hydrogen) atoms. The minimum absolute atomic E-state index is 0.168. The lowest BCUT2D eigenvalue weighted by molar-refractivity contribution is -0.119. The van der Waals surface area contributed by atoms with Crippen LogP contribution < -0.4 is 15.4 Å². The Balaban J connectivity index is 1.49. The van der Waals surface area contributed by atoms with Gasteiger partial charge in [-0.2, -0.15) is 0 Å². The van der Waals surface area contributed by atoms with Gasteiger partial charge in [0.1, 0.15) is 17.1 Å². The molecule has 0 aromatic heterocycles. The maximum Gasteiger partial charge on any atom is 0.407 e. The number of hydrogen-bond donors (Lipinski definition) is 2. The Morgan fingerprint density at radius 2 is 1.84 bits per heavy atom. The number of benzene rings is 2. The summed E-state index contributed by atoms with van der Waals surface area (Å²) in [6, 6.07) is 13.1. The van der Waals surface area contributed by atoms with E-state index in [1.165, 1.54) is 0 Å². The highest BCUT2D eigenvalue weighted by Gasteiger charge is 2.26. The van der Waals surface area contributed by atoms with E-state index in [1.807, 2.05) is 45.0 Å². The molecule has 1 aliphatic heterocycles. The van der Waals surface area contributed by atoms with Crippen LogP contribution in [0.15, 0.2) is 42.5 Å². The summed E-state index contributed by atoms with van der Waals surface area (Å²) in [5, 5.41) is 5.11. The van der Waals surface area contributed by atoms with Crippen molar-refractivity contribution in [3.63, 3.8) is 0 Å². The Kier molecular flexibility index (Phi) is 7.51. The second-order valence-electron chi connectivity index (χ2n) is 8.83. The van der Waals surface area contributed by atoms with Gasteiger partial charge >= 0.3 is 6.09 Å². The van der Waals surface area contributed by atoms with E-state index in [4.69, 9.17) is 9.47 Å². The predicted octanol–water partition coefficient (Wildman–Crippen LogP) is 4.53. The summed E-state index contributed by atoms with van der Waals surface area (Å²) in [6.07, 6.45) is 3.49. The lowest BCUT2D eigenvalue weighted by atomic mass is 9.99. The van der Waals surface area contributed by atoms with Crippen molar-refractivity contribution in [3.8, 4) is 11.5 Å². The third-order valence-corrected chi connectivity index (χ3v) is 4.88. The first-order chi connectivity index (χ1) is 15.2. The monoisotopic (exact) mass is 438 g/mol. The summed E-state index contributed by atoms with van der Waals surface area (Å²) in [4.78, 5) is 35.5. The summed E-state index contributed by atoms with van der Waals surface area (Å²) < 4.78 is 11.2. The summed E-state index contributed by atoms with van der Waals surface area (Å²) in [5.74, 6) is 0.357. The summed E-state index contributed by atoms with van der Waals surface area (Å²) in [5.41, 5.74) is 1.73. The Hall–Kier alpha value is -3.35. The SMILES string of the molecule is CC(C)(C)OC(=O)NCCCCCc1cccc(Oc2cccc3c2C(=O)NC(=O)C3)c1. The van der Waals surface area contributed by atoms with Gasteiger partial charge in [-0.1, -0.05) is 30.7 Å². The molecular formula is C25H30N2O5. The molecule has 2 aromatic carbocycles. The second-order valence-corrected chi connectivity index (χ2v) is 8.83. The van der Waals surface area contributed by atoms with Crippen LogP contribution in [0.25, 0.3) is 0 Å². The maximum absolute atomic E-state index is 12.3. The van der Waals surface area contributed by atoms with Crippen LogP contribution in [-0.2, 0) is 22.4 Å². The Morgan fingerprint density at radius 3 is 2.62 bits per heavy atom.